The van der Waals surface area contributed by atoms with Gasteiger partial charge < -0.3 is 13.6 Å². The van der Waals surface area contributed by atoms with Crippen LogP contribution in [-0.2, 0) is 29.5 Å². The highest BCUT2D eigenvalue weighted by Crippen LogP contribution is 2.33. The Bertz CT molecular complexity index is 614. The molecule has 1 saturated heterocycles. The molecular formula is C11H17F3NO6S2-. The summed E-state index contributed by atoms with van der Waals surface area (Å²) in [7, 11) is -10.8. The third-order valence-corrected chi connectivity index (χ3v) is 6.78. The molecule has 0 aromatic carbocycles. The van der Waals surface area contributed by atoms with E-state index in [4.69, 9.17) is 9.47 Å². The molecule has 0 aromatic heterocycles. The smallest absolute Gasteiger partial charge is 0.428 e. The third kappa shape index (κ3) is 5.85. The number of rotatable bonds is 7. The second-order valence-electron chi connectivity index (χ2n) is 5.69. The molecule has 0 bridgehead atoms. The molecule has 0 N–H and O–H groups in total. The van der Waals surface area contributed by atoms with Gasteiger partial charge in [0, 0.05) is 5.75 Å². The summed E-state index contributed by atoms with van der Waals surface area (Å²) < 4.78 is 94.2. The highest BCUT2D eigenvalue weighted by atomic mass is 32.3. The summed E-state index contributed by atoms with van der Waals surface area (Å²) in [5.41, 5.74) is -5.72. The Morgan fingerprint density at radius 2 is 1.83 bits per heavy atom. The highest BCUT2D eigenvalue weighted by molar-refractivity contribution is 8.12. The van der Waals surface area contributed by atoms with Gasteiger partial charge in [0.15, 0.2) is 10.0 Å². The maximum Gasteiger partial charge on any atom is 0.480 e. The van der Waals surface area contributed by atoms with Crippen molar-refractivity contribution in [2.24, 2.45) is 5.92 Å². The van der Waals surface area contributed by atoms with Gasteiger partial charge in [-0.3, -0.25) is 0 Å². The quantitative estimate of drug-likeness (QED) is 0.620. The van der Waals surface area contributed by atoms with Crippen LogP contribution in [0, 0.1) is 5.92 Å². The van der Waals surface area contributed by atoms with Crippen molar-refractivity contribution in [1.82, 2.24) is 0 Å². The lowest BCUT2D eigenvalue weighted by Gasteiger charge is -2.31. The van der Waals surface area contributed by atoms with E-state index in [9.17, 15) is 30.0 Å². The molecule has 2 fully saturated rings. The fraction of sp³-hybridized carbons (Fsp3) is 1.00. The topological polar surface area (TPSA) is 104 Å². The lowest BCUT2D eigenvalue weighted by molar-refractivity contribution is -0.0425. The molecule has 3 atom stereocenters. The number of epoxide rings is 1. The van der Waals surface area contributed by atoms with Crippen LogP contribution >= 0.6 is 0 Å². The van der Waals surface area contributed by atoms with Crippen LogP contribution in [0.25, 0.3) is 4.13 Å². The Morgan fingerprint density at radius 3 is 2.39 bits per heavy atom. The fourth-order valence-corrected chi connectivity index (χ4v) is 5.15. The van der Waals surface area contributed by atoms with Crippen LogP contribution in [0.2, 0.25) is 0 Å². The predicted molar refractivity (Wildman–Crippen MR) is 73.6 cm³/mol. The summed E-state index contributed by atoms with van der Waals surface area (Å²) in [5.74, 6) is -1.21. The maximum absolute atomic E-state index is 12.2. The summed E-state index contributed by atoms with van der Waals surface area (Å²) in [4.78, 5) is 0. The number of nitrogens with zero attached hydrogens (tertiary/aromatic N) is 1. The van der Waals surface area contributed by atoms with E-state index in [-0.39, 0.29) is 12.2 Å². The lowest BCUT2D eigenvalue weighted by atomic mass is 9.88. The van der Waals surface area contributed by atoms with Gasteiger partial charge >= 0.3 is 5.51 Å². The van der Waals surface area contributed by atoms with Crippen molar-refractivity contribution in [1.29, 1.82) is 0 Å². The van der Waals surface area contributed by atoms with Crippen molar-refractivity contribution < 1.29 is 39.5 Å². The average Bonchev–Trinajstić information content (AvgIpc) is 3.17. The fourth-order valence-electron chi connectivity index (χ4n) is 2.47. The third-order valence-electron chi connectivity index (χ3n) is 3.61. The number of hydrogen-bond donors (Lipinski definition) is 0. The minimum atomic E-state index is -6.04. The van der Waals surface area contributed by atoms with E-state index >= 15 is 0 Å². The number of halogens is 3. The Kier molecular flexibility index (Phi) is 5.61. The minimum Gasteiger partial charge on any atom is -0.428 e. The second kappa shape index (κ2) is 6.82. The summed E-state index contributed by atoms with van der Waals surface area (Å²) in [5, 5.41) is 0. The number of sulfonamides is 2. The molecule has 2 aliphatic rings. The van der Waals surface area contributed by atoms with Crippen LogP contribution in [0.15, 0.2) is 0 Å². The lowest BCUT2D eigenvalue weighted by Crippen LogP contribution is -2.30. The largest absolute Gasteiger partial charge is 0.480 e. The standard InChI is InChI=1S/C11H17F3NO6S2/c12-11(13,14)23(18,19)15-22(16,17)7-8-2-1-3-9(4-8)20-5-10-6-21-10/h8-10H,1-7H2/q-1. The number of hydrogen-bond acceptors (Lipinski definition) is 6. The summed E-state index contributed by atoms with van der Waals surface area (Å²) >= 11 is 0. The molecule has 12 heteroatoms. The molecule has 2 rings (SSSR count). The van der Waals surface area contributed by atoms with Crippen LogP contribution in [0.5, 0.6) is 0 Å². The van der Waals surface area contributed by atoms with E-state index in [0.29, 0.717) is 32.5 Å². The molecule has 23 heavy (non-hydrogen) atoms. The zero-order valence-corrected chi connectivity index (χ0v) is 13.7. The SMILES string of the molecule is O=S(=O)(CC1CCCC(OCC2CO2)C1)[N-]S(=O)(=O)C(F)(F)F. The van der Waals surface area contributed by atoms with Crippen molar-refractivity contribution in [2.45, 2.75) is 43.4 Å². The van der Waals surface area contributed by atoms with Gasteiger partial charge in [-0.05, 0) is 25.2 Å². The second-order valence-corrected chi connectivity index (χ2v) is 9.19. The van der Waals surface area contributed by atoms with Gasteiger partial charge in [-0.25, -0.2) is 16.8 Å². The molecule has 1 aliphatic carbocycles. The first-order valence-electron chi connectivity index (χ1n) is 7.00. The van der Waals surface area contributed by atoms with Crippen LogP contribution in [0.4, 0.5) is 13.2 Å². The first-order chi connectivity index (χ1) is 10.5. The van der Waals surface area contributed by atoms with E-state index in [1.165, 1.54) is 0 Å². The minimum absolute atomic E-state index is 0.0611. The van der Waals surface area contributed by atoms with Gasteiger partial charge in [-0.15, -0.1) is 0 Å². The molecule has 7 nitrogen and oxygen atoms in total. The predicted octanol–water partition coefficient (Wildman–Crippen LogP) is 1.51. The van der Waals surface area contributed by atoms with Crippen LogP contribution in [0.3, 0.4) is 0 Å². The van der Waals surface area contributed by atoms with Crippen molar-refractivity contribution >= 4 is 20.0 Å². The van der Waals surface area contributed by atoms with Crippen molar-refractivity contribution in [3.05, 3.63) is 4.13 Å². The van der Waals surface area contributed by atoms with E-state index in [0.717, 1.165) is 6.42 Å². The van der Waals surface area contributed by atoms with Crippen LogP contribution in [-0.4, -0.2) is 53.5 Å². The average molecular weight is 380 g/mol. The number of alkyl halides is 3. The molecule has 0 spiro atoms. The summed E-state index contributed by atoms with van der Waals surface area (Å²) in [6, 6.07) is 0. The Balaban J connectivity index is 1.88. The van der Waals surface area contributed by atoms with Crippen molar-refractivity contribution in [2.75, 3.05) is 19.0 Å². The van der Waals surface area contributed by atoms with Crippen LogP contribution in [0.1, 0.15) is 25.7 Å². The van der Waals surface area contributed by atoms with E-state index in [1.807, 2.05) is 0 Å². The van der Waals surface area contributed by atoms with Crippen molar-refractivity contribution in [3.8, 4) is 0 Å². The highest BCUT2D eigenvalue weighted by Gasteiger charge is 2.40. The summed E-state index contributed by atoms with van der Waals surface area (Å²) in [6.07, 6.45) is 2.05. The first kappa shape index (κ1) is 18.9. The van der Waals surface area contributed by atoms with Crippen molar-refractivity contribution in [3.63, 3.8) is 0 Å². The molecule has 1 aliphatic heterocycles. The van der Waals surface area contributed by atoms with Gasteiger partial charge in [0.25, 0.3) is 0 Å². The first-order valence-corrected chi connectivity index (χ1v) is 10.0. The Labute approximate surface area is 132 Å². The monoisotopic (exact) mass is 380 g/mol. The van der Waals surface area contributed by atoms with Gasteiger partial charge in [0.2, 0.25) is 0 Å². The van der Waals surface area contributed by atoms with Gasteiger partial charge in [0.1, 0.15) is 6.10 Å². The molecule has 0 radical (unpaired) electrons. The van der Waals surface area contributed by atoms with E-state index < -0.39 is 37.2 Å². The summed E-state index contributed by atoms with van der Waals surface area (Å²) in [6.45, 7) is 1.02. The molecule has 136 valence electrons. The van der Waals surface area contributed by atoms with Gasteiger partial charge in [-0.1, -0.05) is 6.42 Å². The zero-order valence-electron chi connectivity index (χ0n) is 12.0. The molecule has 0 amide bonds. The number of ether oxygens (including phenoxy) is 2. The molecular weight excluding hydrogens is 363 g/mol. The van der Waals surface area contributed by atoms with E-state index in [1.54, 1.807) is 0 Å². The molecule has 3 unspecified atom stereocenters. The van der Waals surface area contributed by atoms with Crippen LogP contribution < -0.4 is 0 Å². The van der Waals surface area contributed by atoms with Gasteiger partial charge in [0.05, 0.1) is 29.3 Å². The molecule has 1 saturated carbocycles. The van der Waals surface area contributed by atoms with Gasteiger partial charge in [-0.2, -0.15) is 13.2 Å². The molecule has 1 heterocycles. The Morgan fingerprint density at radius 1 is 1.17 bits per heavy atom. The Hall–Kier alpha value is -0.430. The van der Waals surface area contributed by atoms with E-state index in [2.05, 4.69) is 4.13 Å². The zero-order chi connectivity index (χ0) is 17.3. The normalized spacial score (nSPS) is 29.4. The molecule has 0 aromatic rings. The maximum atomic E-state index is 12.2.